The first kappa shape index (κ1) is 17.6. The lowest BCUT2D eigenvalue weighted by Crippen LogP contribution is -2.25. The van der Waals surface area contributed by atoms with Crippen LogP contribution in [0.5, 0.6) is 5.75 Å². The number of aromatic nitrogens is 2. The lowest BCUT2D eigenvalue weighted by Gasteiger charge is -2.00. The molecule has 0 saturated carbocycles. The molecule has 3 heterocycles. The molecule has 142 valence electrons. The fraction of sp³-hybridized carbons (Fsp3) is 0.150. The number of carbonyl (C=O) groups excluding carboxylic acids is 1. The van der Waals surface area contributed by atoms with Crippen LogP contribution in [0.4, 0.5) is 0 Å². The largest absolute Gasteiger partial charge is 0.497 e. The average Bonchev–Trinajstić information content (AvgIpc) is 3.48. The maximum atomic E-state index is 12.2. The van der Waals surface area contributed by atoms with E-state index in [1.807, 2.05) is 30.3 Å². The summed E-state index contributed by atoms with van der Waals surface area (Å²) in [5.41, 5.74) is 1.79. The molecule has 0 aliphatic heterocycles. The molecule has 8 nitrogen and oxygen atoms in total. The Morgan fingerprint density at radius 3 is 2.75 bits per heavy atom. The predicted octanol–water partition coefficient (Wildman–Crippen LogP) is 3.57. The Bertz CT molecular complexity index is 1070. The van der Waals surface area contributed by atoms with Gasteiger partial charge in [-0.1, -0.05) is 22.4 Å². The number of hydrogen-bond donors (Lipinski definition) is 1. The van der Waals surface area contributed by atoms with Crippen LogP contribution in [0.2, 0.25) is 0 Å². The van der Waals surface area contributed by atoms with Gasteiger partial charge in [0.05, 0.1) is 19.1 Å². The first-order chi connectivity index (χ1) is 13.7. The molecule has 0 unspecified atom stereocenters. The molecule has 0 aliphatic carbocycles. The molecule has 3 aromatic heterocycles. The van der Waals surface area contributed by atoms with Crippen molar-refractivity contribution in [2.24, 2.45) is 0 Å². The molecule has 0 atom stereocenters. The number of benzene rings is 1. The Morgan fingerprint density at radius 1 is 1.04 bits per heavy atom. The van der Waals surface area contributed by atoms with Gasteiger partial charge in [-0.05, 0) is 24.3 Å². The van der Waals surface area contributed by atoms with Gasteiger partial charge in [-0.3, -0.25) is 4.79 Å². The second kappa shape index (κ2) is 7.83. The van der Waals surface area contributed by atoms with Crippen LogP contribution in [0.1, 0.15) is 16.2 Å². The quantitative estimate of drug-likeness (QED) is 0.523. The molecule has 0 radical (unpaired) electrons. The number of nitrogens with one attached hydrogen (secondary N) is 1. The second-order valence-electron chi connectivity index (χ2n) is 5.97. The maximum Gasteiger partial charge on any atom is 0.273 e. The summed E-state index contributed by atoms with van der Waals surface area (Å²) in [4.78, 5) is 12.2. The lowest BCUT2D eigenvalue weighted by atomic mass is 10.1. The summed E-state index contributed by atoms with van der Waals surface area (Å²) in [6, 6.07) is 14.4. The SMILES string of the molecule is COc1cccc(-c2cc(CCNC(=O)c3cc(-c4ccco4)on3)no2)c1. The fourth-order valence-electron chi connectivity index (χ4n) is 2.65. The van der Waals surface area contributed by atoms with Crippen molar-refractivity contribution >= 4 is 5.91 Å². The zero-order chi connectivity index (χ0) is 19.3. The number of furan rings is 1. The molecule has 0 saturated heterocycles. The van der Waals surface area contributed by atoms with Crippen molar-refractivity contribution in [1.82, 2.24) is 15.6 Å². The molecule has 0 aliphatic rings. The highest BCUT2D eigenvalue weighted by Gasteiger charge is 2.15. The summed E-state index contributed by atoms with van der Waals surface area (Å²) in [5, 5.41) is 10.6. The standard InChI is InChI=1S/C20H17N3O5/c1-25-15-5-2-4-13(10-15)18-11-14(22-27-18)7-8-21-20(24)16-12-19(28-23-16)17-6-3-9-26-17/h2-6,9-12H,7-8H2,1H3,(H,21,24). The minimum atomic E-state index is -0.335. The summed E-state index contributed by atoms with van der Waals surface area (Å²) in [5.74, 6) is 1.95. The van der Waals surface area contributed by atoms with E-state index < -0.39 is 0 Å². The Morgan fingerprint density at radius 2 is 1.93 bits per heavy atom. The first-order valence-electron chi connectivity index (χ1n) is 8.62. The Labute approximate surface area is 160 Å². The van der Waals surface area contributed by atoms with Crippen molar-refractivity contribution in [1.29, 1.82) is 0 Å². The van der Waals surface area contributed by atoms with Gasteiger partial charge in [0.15, 0.2) is 17.2 Å². The number of carbonyl (C=O) groups is 1. The van der Waals surface area contributed by atoms with Crippen molar-refractivity contribution in [3.63, 3.8) is 0 Å². The molecule has 4 aromatic rings. The van der Waals surface area contributed by atoms with Gasteiger partial charge in [-0.25, -0.2) is 0 Å². The van der Waals surface area contributed by atoms with Crippen LogP contribution < -0.4 is 10.1 Å². The molecule has 1 aromatic carbocycles. The van der Waals surface area contributed by atoms with E-state index in [9.17, 15) is 4.79 Å². The van der Waals surface area contributed by atoms with Gasteiger partial charge < -0.3 is 23.5 Å². The van der Waals surface area contributed by atoms with E-state index in [1.54, 1.807) is 19.2 Å². The molecule has 1 N–H and O–H groups in total. The van der Waals surface area contributed by atoms with Crippen LogP contribution in [0.25, 0.3) is 22.8 Å². The van der Waals surface area contributed by atoms with Crippen LogP contribution in [0, 0.1) is 0 Å². The van der Waals surface area contributed by atoms with E-state index in [0.717, 1.165) is 17.0 Å². The zero-order valence-electron chi connectivity index (χ0n) is 15.0. The Hall–Kier alpha value is -3.81. The van der Waals surface area contributed by atoms with E-state index in [4.69, 9.17) is 18.2 Å². The minimum Gasteiger partial charge on any atom is -0.497 e. The predicted molar refractivity (Wildman–Crippen MR) is 98.7 cm³/mol. The van der Waals surface area contributed by atoms with Crippen molar-refractivity contribution in [2.75, 3.05) is 13.7 Å². The normalized spacial score (nSPS) is 10.8. The summed E-state index contributed by atoms with van der Waals surface area (Å²) < 4.78 is 20.9. The molecule has 1 amide bonds. The molecular formula is C20H17N3O5. The van der Waals surface area contributed by atoms with Crippen molar-refractivity contribution in [3.05, 3.63) is 66.2 Å². The molecule has 8 heteroatoms. The number of rotatable bonds is 7. The number of hydrogen-bond acceptors (Lipinski definition) is 7. The second-order valence-corrected chi connectivity index (χ2v) is 5.97. The fourth-order valence-corrected chi connectivity index (χ4v) is 2.65. The molecule has 28 heavy (non-hydrogen) atoms. The molecule has 0 bridgehead atoms. The lowest BCUT2D eigenvalue weighted by molar-refractivity contribution is 0.0945. The van der Waals surface area contributed by atoms with E-state index in [1.165, 1.54) is 12.3 Å². The molecule has 0 fully saturated rings. The van der Waals surface area contributed by atoms with Crippen LogP contribution in [0.3, 0.4) is 0 Å². The summed E-state index contributed by atoms with van der Waals surface area (Å²) in [6.07, 6.45) is 2.04. The topological polar surface area (TPSA) is 104 Å². The highest BCUT2D eigenvalue weighted by molar-refractivity contribution is 5.92. The zero-order valence-corrected chi connectivity index (χ0v) is 15.0. The van der Waals surface area contributed by atoms with Crippen molar-refractivity contribution < 1.29 is 23.0 Å². The van der Waals surface area contributed by atoms with Crippen molar-refractivity contribution in [2.45, 2.75) is 6.42 Å². The third-order valence-electron chi connectivity index (χ3n) is 4.09. The maximum absolute atomic E-state index is 12.2. The van der Waals surface area contributed by atoms with E-state index in [2.05, 4.69) is 15.6 Å². The first-order valence-corrected chi connectivity index (χ1v) is 8.62. The number of methoxy groups -OCH3 is 1. The van der Waals surface area contributed by atoms with Gasteiger partial charge in [0.1, 0.15) is 5.75 Å². The Balaban J connectivity index is 1.33. The van der Waals surface area contributed by atoms with Crippen molar-refractivity contribution in [3.8, 4) is 28.6 Å². The van der Waals surface area contributed by atoms with Crippen LogP contribution in [-0.4, -0.2) is 29.9 Å². The summed E-state index contributed by atoms with van der Waals surface area (Å²) in [7, 11) is 1.61. The third-order valence-corrected chi connectivity index (χ3v) is 4.09. The van der Waals surface area contributed by atoms with Gasteiger partial charge >= 0.3 is 0 Å². The number of ether oxygens (including phenoxy) is 1. The van der Waals surface area contributed by atoms with Gasteiger partial charge in [0, 0.05) is 30.7 Å². The minimum absolute atomic E-state index is 0.184. The molecule has 4 rings (SSSR count). The summed E-state index contributed by atoms with van der Waals surface area (Å²) >= 11 is 0. The average molecular weight is 379 g/mol. The Kier molecular flexibility index (Phi) is 4.92. The van der Waals surface area contributed by atoms with Crippen LogP contribution >= 0.6 is 0 Å². The monoisotopic (exact) mass is 379 g/mol. The highest BCUT2D eigenvalue weighted by atomic mass is 16.5. The van der Waals surface area contributed by atoms with Gasteiger partial charge in [-0.2, -0.15) is 0 Å². The smallest absolute Gasteiger partial charge is 0.273 e. The van der Waals surface area contributed by atoms with Gasteiger partial charge in [0.2, 0.25) is 5.76 Å². The number of nitrogens with zero attached hydrogens (tertiary/aromatic N) is 2. The van der Waals surface area contributed by atoms with Crippen LogP contribution in [-0.2, 0) is 6.42 Å². The number of amides is 1. The summed E-state index contributed by atoms with van der Waals surface area (Å²) in [6.45, 7) is 0.381. The van der Waals surface area contributed by atoms with E-state index in [0.29, 0.717) is 30.2 Å². The van der Waals surface area contributed by atoms with Gasteiger partial charge in [-0.15, -0.1) is 0 Å². The molecule has 0 spiro atoms. The highest BCUT2D eigenvalue weighted by Crippen LogP contribution is 2.24. The molecular weight excluding hydrogens is 362 g/mol. The third kappa shape index (κ3) is 3.80. The van der Waals surface area contributed by atoms with Gasteiger partial charge in [0.25, 0.3) is 5.91 Å². The van der Waals surface area contributed by atoms with E-state index >= 15 is 0 Å². The van der Waals surface area contributed by atoms with Crippen LogP contribution in [0.15, 0.2) is 68.3 Å². The van der Waals surface area contributed by atoms with E-state index in [-0.39, 0.29) is 11.6 Å².